The second kappa shape index (κ2) is 7.77. The summed E-state index contributed by atoms with van der Waals surface area (Å²) in [7, 11) is 0. The zero-order chi connectivity index (χ0) is 17.9. The molecule has 0 bridgehead atoms. The summed E-state index contributed by atoms with van der Waals surface area (Å²) in [6.45, 7) is 6.40. The van der Waals surface area contributed by atoms with E-state index in [1.54, 1.807) is 0 Å². The number of carbonyl (C=O) groups is 1. The Morgan fingerprint density at radius 3 is 2.68 bits per heavy atom. The lowest BCUT2D eigenvalue weighted by atomic mass is 9.73. The van der Waals surface area contributed by atoms with Crippen molar-refractivity contribution in [2.45, 2.75) is 58.4 Å². The van der Waals surface area contributed by atoms with Gasteiger partial charge in [0.05, 0.1) is 0 Å². The first kappa shape index (κ1) is 18.2. The molecule has 1 aliphatic heterocycles. The lowest BCUT2D eigenvalue weighted by Gasteiger charge is -2.39. The number of hydrogen-bond donors (Lipinski definition) is 2. The number of aliphatic hydroxyl groups is 1. The van der Waals surface area contributed by atoms with Gasteiger partial charge in [-0.15, -0.1) is 0 Å². The lowest BCUT2D eigenvalue weighted by Crippen LogP contribution is -2.40. The second-order valence-electron chi connectivity index (χ2n) is 8.43. The van der Waals surface area contributed by atoms with Crippen LogP contribution in [0.25, 0.3) is 0 Å². The monoisotopic (exact) mass is 344 g/mol. The van der Waals surface area contributed by atoms with Gasteiger partial charge < -0.3 is 15.3 Å². The van der Waals surface area contributed by atoms with E-state index in [0.29, 0.717) is 17.4 Å². The first-order chi connectivity index (χ1) is 12.0. The minimum atomic E-state index is 0.114. The molecule has 1 heterocycles. The predicted octanol–water partition coefficient (Wildman–Crippen LogP) is 3.91. The molecule has 2 N–H and O–H groups in total. The Morgan fingerprint density at radius 1 is 1.24 bits per heavy atom. The van der Waals surface area contributed by atoms with Crippen LogP contribution in [0.2, 0.25) is 0 Å². The second-order valence-corrected chi connectivity index (χ2v) is 8.43. The van der Waals surface area contributed by atoms with Crippen molar-refractivity contribution in [3.63, 3.8) is 0 Å². The summed E-state index contributed by atoms with van der Waals surface area (Å²) in [5.41, 5.74) is 2.11. The minimum absolute atomic E-state index is 0.114. The number of rotatable bonds is 4. The van der Waals surface area contributed by atoms with Gasteiger partial charge in [0, 0.05) is 37.0 Å². The SMILES string of the molecule is CC1(C)CCCCC1Nc1cccc(C(=O)N2CCC(CO)CC2)c1. The summed E-state index contributed by atoms with van der Waals surface area (Å²) in [4.78, 5) is 14.7. The van der Waals surface area contributed by atoms with Gasteiger partial charge in [-0.05, 0) is 55.2 Å². The average Bonchev–Trinajstić information content (AvgIpc) is 2.63. The van der Waals surface area contributed by atoms with Crippen LogP contribution < -0.4 is 5.32 Å². The van der Waals surface area contributed by atoms with Crippen molar-refractivity contribution in [2.24, 2.45) is 11.3 Å². The van der Waals surface area contributed by atoms with Gasteiger partial charge in [0.2, 0.25) is 0 Å². The van der Waals surface area contributed by atoms with Crippen molar-refractivity contribution >= 4 is 11.6 Å². The van der Waals surface area contributed by atoms with Crippen molar-refractivity contribution < 1.29 is 9.90 Å². The van der Waals surface area contributed by atoms with Gasteiger partial charge in [0.25, 0.3) is 5.91 Å². The van der Waals surface area contributed by atoms with E-state index in [9.17, 15) is 9.90 Å². The number of amides is 1. The fraction of sp³-hybridized carbons (Fsp3) is 0.667. The van der Waals surface area contributed by atoms with Crippen molar-refractivity contribution in [2.75, 3.05) is 25.0 Å². The highest BCUT2D eigenvalue weighted by molar-refractivity contribution is 5.95. The van der Waals surface area contributed by atoms with Gasteiger partial charge in [-0.3, -0.25) is 4.79 Å². The van der Waals surface area contributed by atoms with Crippen LogP contribution in [0.15, 0.2) is 24.3 Å². The van der Waals surface area contributed by atoms with E-state index < -0.39 is 0 Å². The van der Waals surface area contributed by atoms with E-state index in [0.717, 1.165) is 37.2 Å². The number of piperidine rings is 1. The molecule has 1 saturated heterocycles. The Balaban J connectivity index is 1.66. The van der Waals surface area contributed by atoms with Gasteiger partial charge in [0.1, 0.15) is 0 Å². The molecule has 1 amide bonds. The standard InChI is InChI=1S/C21H32N2O2/c1-21(2)11-4-3-8-19(21)22-18-7-5-6-17(14-18)20(25)23-12-9-16(15-24)10-13-23/h5-7,14,16,19,22,24H,3-4,8-13,15H2,1-2H3. The van der Waals surface area contributed by atoms with Crippen LogP contribution in [0.5, 0.6) is 0 Å². The van der Waals surface area contributed by atoms with Crippen LogP contribution >= 0.6 is 0 Å². The quantitative estimate of drug-likeness (QED) is 0.871. The van der Waals surface area contributed by atoms with E-state index in [-0.39, 0.29) is 12.5 Å². The van der Waals surface area contributed by atoms with Gasteiger partial charge in [-0.25, -0.2) is 0 Å². The molecule has 4 nitrogen and oxygen atoms in total. The van der Waals surface area contributed by atoms with Gasteiger partial charge in [-0.1, -0.05) is 32.8 Å². The third-order valence-corrected chi connectivity index (χ3v) is 6.12. The summed E-state index contributed by atoms with van der Waals surface area (Å²) in [6.07, 6.45) is 6.84. The number of nitrogens with zero attached hydrogens (tertiary/aromatic N) is 1. The van der Waals surface area contributed by atoms with Gasteiger partial charge in [-0.2, -0.15) is 0 Å². The number of nitrogens with one attached hydrogen (secondary N) is 1. The molecular weight excluding hydrogens is 312 g/mol. The zero-order valence-electron chi connectivity index (χ0n) is 15.6. The Labute approximate surface area is 151 Å². The fourth-order valence-corrected chi connectivity index (χ4v) is 4.21. The van der Waals surface area contributed by atoms with Crippen LogP contribution in [-0.2, 0) is 0 Å². The van der Waals surface area contributed by atoms with E-state index in [2.05, 4.69) is 25.2 Å². The highest BCUT2D eigenvalue weighted by Crippen LogP contribution is 2.37. The molecule has 4 heteroatoms. The summed E-state index contributed by atoms with van der Waals surface area (Å²) in [5, 5.41) is 12.9. The Kier molecular flexibility index (Phi) is 5.67. The van der Waals surface area contributed by atoms with Crippen LogP contribution in [0.3, 0.4) is 0 Å². The number of aliphatic hydroxyl groups excluding tert-OH is 1. The summed E-state index contributed by atoms with van der Waals surface area (Å²) < 4.78 is 0. The molecule has 2 fully saturated rings. The van der Waals surface area contributed by atoms with Crippen molar-refractivity contribution in [1.29, 1.82) is 0 Å². The zero-order valence-corrected chi connectivity index (χ0v) is 15.6. The smallest absolute Gasteiger partial charge is 0.253 e. The molecule has 3 rings (SSSR count). The van der Waals surface area contributed by atoms with Crippen molar-refractivity contribution in [3.05, 3.63) is 29.8 Å². The largest absolute Gasteiger partial charge is 0.396 e. The van der Waals surface area contributed by atoms with Gasteiger partial charge >= 0.3 is 0 Å². The number of anilines is 1. The minimum Gasteiger partial charge on any atom is -0.396 e. The van der Waals surface area contributed by atoms with Gasteiger partial charge in [0.15, 0.2) is 0 Å². The first-order valence-electron chi connectivity index (χ1n) is 9.76. The Bertz CT molecular complexity index is 591. The van der Waals surface area contributed by atoms with Crippen LogP contribution in [0.4, 0.5) is 5.69 Å². The molecule has 0 aromatic heterocycles. The summed E-state index contributed by atoms with van der Waals surface area (Å²) in [6, 6.07) is 8.43. The number of hydrogen-bond acceptors (Lipinski definition) is 3. The number of likely N-dealkylation sites (tertiary alicyclic amines) is 1. The van der Waals surface area contributed by atoms with Crippen molar-refractivity contribution in [1.82, 2.24) is 4.90 Å². The van der Waals surface area contributed by atoms with Crippen LogP contribution in [0, 0.1) is 11.3 Å². The maximum Gasteiger partial charge on any atom is 0.253 e. The highest BCUT2D eigenvalue weighted by atomic mass is 16.3. The molecule has 0 spiro atoms. The average molecular weight is 344 g/mol. The van der Waals surface area contributed by atoms with E-state index >= 15 is 0 Å². The van der Waals surface area contributed by atoms with E-state index in [1.165, 1.54) is 25.7 Å². The first-order valence-corrected chi connectivity index (χ1v) is 9.76. The molecule has 1 aliphatic carbocycles. The molecular formula is C21H32N2O2. The van der Waals surface area contributed by atoms with Crippen molar-refractivity contribution in [3.8, 4) is 0 Å². The molecule has 1 aromatic rings. The van der Waals surface area contributed by atoms with E-state index in [4.69, 9.17) is 0 Å². The maximum absolute atomic E-state index is 12.8. The third-order valence-electron chi connectivity index (χ3n) is 6.12. The Morgan fingerprint density at radius 2 is 2.00 bits per heavy atom. The number of benzene rings is 1. The Hall–Kier alpha value is -1.55. The highest BCUT2D eigenvalue weighted by Gasteiger charge is 2.32. The van der Waals surface area contributed by atoms with Crippen LogP contribution in [0.1, 0.15) is 62.7 Å². The summed E-state index contributed by atoms with van der Waals surface area (Å²) >= 11 is 0. The fourth-order valence-electron chi connectivity index (χ4n) is 4.21. The third kappa shape index (κ3) is 4.35. The molecule has 0 radical (unpaired) electrons. The molecule has 1 atom stereocenters. The predicted molar refractivity (Wildman–Crippen MR) is 102 cm³/mol. The lowest BCUT2D eigenvalue weighted by molar-refractivity contribution is 0.0651. The molecule has 138 valence electrons. The van der Waals surface area contributed by atoms with E-state index in [1.807, 2.05) is 23.1 Å². The summed E-state index contributed by atoms with van der Waals surface area (Å²) in [5.74, 6) is 0.466. The molecule has 25 heavy (non-hydrogen) atoms. The maximum atomic E-state index is 12.8. The van der Waals surface area contributed by atoms with Crippen LogP contribution in [-0.4, -0.2) is 41.7 Å². The normalized spacial score (nSPS) is 24.1. The number of carbonyl (C=O) groups excluding carboxylic acids is 1. The topological polar surface area (TPSA) is 52.6 Å². The molecule has 2 aliphatic rings. The molecule has 1 aromatic carbocycles. The molecule has 1 saturated carbocycles. The molecule has 1 unspecified atom stereocenters.